The number of pyridine rings is 1. The topological polar surface area (TPSA) is 77.8 Å². The average molecular weight is 443 g/mol. The van der Waals surface area contributed by atoms with Crippen molar-refractivity contribution in [2.45, 2.75) is 27.7 Å². The van der Waals surface area contributed by atoms with E-state index in [1.165, 1.54) is 20.8 Å². The van der Waals surface area contributed by atoms with Crippen LogP contribution in [-0.4, -0.2) is 30.3 Å². The fourth-order valence-corrected chi connectivity index (χ4v) is 4.08. The summed E-state index contributed by atoms with van der Waals surface area (Å²) in [4.78, 5) is 40.8. The van der Waals surface area contributed by atoms with E-state index in [9.17, 15) is 14.4 Å². The van der Waals surface area contributed by atoms with Gasteiger partial charge in [0.15, 0.2) is 5.75 Å². The fraction of sp³-hybridized carbons (Fsp3) is 0.348. The lowest BCUT2D eigenvalue weighted by Crippen LogP contribution is -2.35. The Bertz CT molecular complexity index is 1190. The summed E-state index contributed by atoms with van der Waals surface area (Å²) in [6.07, 6.45) is 0. The summed E-state index contributed by atoms with van der Waals surface area (Å²) in [5.41, 5.74) is 0.232. The molecule has 1 amide bonds. The molecule has 0 aliphatic rings. The zero-order valence-electron chi connectivity index (χ0n) is 18.5. The van der Waals surface area contributed by atoms with Gasteiger partial charge in [-0.2, -0.15) is 0 Å². The molecule has 0 bridgehead atoms. The Morgan fingerprint density at radius 2 is 1.81 bits per heavy atom. The number of thiophene rings is 1. The van der Waals surface area contributed by atoms with Crippen molar-refractivity contribution in [2.24, 2.45) is 12.5 Å². The maximum atomic E-state index is 13.4. The van der Waals surface area contributed by atoms with Gasteiger partial charge in [-0.15, -0.1) is 11.3 Å². The first-order valence-electron chi connectivity index (χ1n) is 9.78. The minimum absolute atomic E-state index is 0.102. The van der Waals surface area contributed by atoms with Crippen molar-refractivity contribution in [1.82, 2.24) is 4.57 Å². The van der Waals surface area contributed by atoms with Crippen LogP contribution in [0.4, 0.5) is 5.69 Å². The number of benzene rings is 1. The Balaban J connectivity index is 2.09. The quantitative estimate of drug-likeness (QED) is 0.439. The Kier molecular flexibility index (Phi) is 6.22. The summed E-state index contributed by atoms with van der Waals surface area (Å²) in [5, 5.41) is 2.55. The SMILES string of the molecule is Cc1csc2c1c(OCOC(=O)C(C)(C)C)c(C(=O)N(C)c1ccccc1)c(=O)n2C. The third-order valence-corrected chi connectivity index (χ3v) is 6.07. The Labute approximate surface area is 184 Å². The van der Waals surface area contributed by atoms with Gasteiger partial charge in [0.1, 0.15) is 10.4 Å². The van der Waals surface area contributed by atoms with Crippen molar-refractivity contribution in [1.29, 1.82) is 0 Å². The number of hydrogen-bond acceptors (Lipinski definition) is 6. The summed E-state index contributed by atoms with van der Waals surface area (Å²) in [5.74, 6) is -0.813. The van der Waals surface area contributed by atoms with Crippen LogP contribution in [0.15, 0.2) is 40.5 Å². The molecule has 1 aromatic carbocycles. The molecular weight excluding hydrogens is 416 g/mol. The molecule has 0 unspecified atom stereocenters. The summed E-state index contributed by atoms with van der Waals surface area (Å²) in [7, 11) is 3.23. The molecule has 2 heterocycles. The number of esters is 1. The van der Waals surface area contributed by atoms with Crippen molar-refractivity contribution in [3.63, 3.8) is 0 Å². The van der Waals surface area contributed by atoms with Gasteiger partial charge in [0, 0.05) is 19.8 Å². The predicted molar refractivity (Wildman–Crippen MR) is 122 cm³/mol. The number of amides is 1. The molecule has 3 aromatic rings. The van der Waals surface area contributed by atoms with Crippen molar-refractivity contribution < 1.29 is 19.1 Å². The van der Waals surface area contributed by atoms with E-state index < -0.39 is 29.6 Å². The molecule has 0 spiro atoms. The Morgan fingerprint density at radius 1 is 1.16 bits per heavy atom. The van der Waals surface area contributed by atoms with Crippen LogP contribution < -0.4 is 15.2 Å². The van der Waals surface area contributed by atoms with Crippen molar-refractivity contribution in [3.8, 4) is 5.75 Å². The number of para-hydroxylation sites is 1. The number of hydrogen-bond donors (Lipinski definition) is 0. The Morgan fingerprint density at radius 3 is 2.42 bits per heavy atom. The number of ether oxygens (including phenoxy) is 2. The highest BCUT2D eigenvalue weighted by Crippen LogP contribution is 2.35. The van der Waals surface area contributed by atoms with Gasteiger partial charge in [-0.25, -0.2) is 0 Å². The van der Waals surface area contributed by atoms with Crippen molar-refractivity contribution >= 4 is 39.1 Å². The van der Waals surface area contributed by atoms with Gasteiger partial charge in [-0.1, -0.05) is 18.2 Å². The predicted octanol–water partition coefficient (Wildman–Crippen LogP) is 4.11. The van der Waals surface area contributed by atoms with E-state index in [1.807, 2.05) is 30.5 Å². The molecule has 0 saturated carbocycles. The molecular formula is C23H26N2O5S. The maximum Gasteiger partial charge on any atom is 0.314 e. The molecule has 7 nitrogen and oxygen atoms in total. The van der Waals surface area contributed by atoms with Gasteiger partial charge in [-0.3, -0.25) is 14.4 Å². The van der Waals surface area contributed by atoms with Crippen molar-refractivity contribution in [3.05, 3.63) is 57.2 Å². The first kappa shape index (κ1) is 22.6. The van der Waals surface area contributed by atoms with Gasteiger partial charge >= 0.3 is 5.97 Å². The highest BCUT2D eigenvalue weighted by Gasteiger charge is 2.28. The molecule has 0 aliphatic heterocycles. The third kappa shape index (κ3) is 4.34. The van der Waals surface area contributed by atoms with Crippen LogP contribution in [0.3, 0.4) is 0 Å². The highest BCUT2D eigenvalue weighted by molar-refractivity contribution is 7.17. The molecule has 0 atom stereocenters. The van der Waals surface area contributed by atoms with Crippen LogP contribution in [0, 0.1) is 12.3 Å². The second-order valence-corrected chi connectivity index (χ2v) is 9.17. The van der Waals surface area contributed by atoms with Crippen LogP contribution in [0.2, 0.25) is 0 Å². The first-order valence-corrected chi connectivity index (χ1v) is 10.7. The van der Waals surface area contributed by atoms with Crippen LogP contribution >= 0.6 is 11.3 Å². The number of anilines is 1. The lowest BCUT2D eigenvalue weighted by atomic mass is 9.98. The number of rotatable bonds is 5. The third-order valence-electron chi connectivity index (χ3n) is 4.90. The fourth-order valence-electron chi connectivity index (χ4n) is 3.06. The smallest absolute Gasteiger partial charge is 0.314 e. The van der Waals surface area contributed by atoms with Gasteiger partial charge in [0.05, 0.1) is 10.8 Å². The van der Waals surface area contributed by atoms with Crippen LogP contribution in [-0.2, 0) is 16.6 Å². The standard InChI is InChI=1S/C23H26N2O5S/c1-14-12-31-21-16(14)18(29-13-30-22(28)23(2,3)4)17(20(27)25(21)6)19(26)24(5)15-10-8-7-9-11-15/h7-12H,13H2,1-6H3. The lowest BCUT2D eigenvalue weighted by Gasteiger charge is -2.21. The normalized spacial score (nSPS) is 11.4. The molecule has 31 heavy (non-hydrogen) atoms. The highest BCUT2D eigenvalue weighted by atomic mass is 32.1. The van der Waals surface area contributed by atoms with Crippen LogP contribution in [0.25, 0.3) is 10.2 Å². The first-order chi connectivity index (χ1) is 14.5. The number of fused-ring (bicyclic) bond motifs is 1. The van der Waals surface area contributed by atoms with Crippen LogP contribution in [0.1, 0.15) is 36.7 Å². The lowest BCUT2D eigenvalue weighted by molar-refractivity contribution is -0.159. The van der Waals surface area contributed by atoms with Crippen molar-refractivity contribution in [2.75, 3.05) is 18.7 Å². The van der Waals surface area contributed by atoms with Gasteiger partial charge in [0.25, 0.3) is 11.5 Å². The molecule has 0 radical (unpaired) electrons. The number of nitrogens with zero attached hydrogens (tertiary/aromatic N) is 2. The maximum absolute atomic E-state index is 13.4. The molecule has 8 heteroatoms. The van der Waals surface area contributed by atoms with E-state index in [0.29, 0.717) is 15.9 Å². The molecule has 0 saturated heterocycles. The van der Waals surface area contributed by atoms with Crippen LogP contribution in [0.5, 0.6) is 5.75 Å². The number of aromatic nitrogens is 1. The molecule has 0 fully saturated rings. The molecule has 0 N–H and O–H groups in total. The zero-order valence-corrected chi connectivity index (χ0v) is 19.3. The summed E-state index contributed by atoms with van der Waals surface area (Å²) in [6, 6.07) is 9.03. The molecule has 2 aromatic heterocycles. The van der Waals surface area contributed by atoms with E-state index in [-0.39, 0.29) is 11.3 Å². The molecule has 3 rings (SSSR count). The van der Waals surface area contributed by atoms with E-state index in [0.717, 1.165) is 5.56 Å². The van der Waals surface area contributed by atoms with Gasteiger partial charge in [-0.05, 0) is 50.8 Å². The second-order valence-electron chi connectivity index (χ2n) is 8.31. The van der Waals surface area contributed by atoms with E-state index in [4.69, 9.17) is 9.47 Å². The van der Waals surface area contributed by atoms with E-state index in [1.54, 1.807) is 47.0 Å². The molecule has 0 aliphatic carbocycles. The van der Waals surface area contributed by atoms with E-state index >= 15 is 0 Å². The monoisotopic (exact) mass is 442 g/mol. The average Bonchev–Trinajstić information content (AvgIpc) is 3.12. The second kappa shape index (κ2) is 8.55. The zero-order chi connectivity index (χ0) is 22.9. The number of carbonyl (C=O) groups is 2. The minimum Gasteiger partial charge on any atom is -0.456 e. The van der Waals surface area contributed by atoms with Gasteiger partial charge < -0.3 is 18.9 Å². The number of carbonyl (C=O) groups excluding carboxylic acids is 2. The largest absolute Gasteiger partial charge is 0.456 e. The van der Waals surface area contributed by atoms with E-state index in [2.05, 4.69) is 0 Å². The summed E-state index contributed by atoms with van der Waals surface area (Å²) in [6.45, 7) is 6.69. The minimum atomic E-state index is -0.698. The number of aryl methyl sites for hydroxylation is 2. The summed E-state index contributed by atoms with van der Waals surface area (Å²) >= 11 is 1.39. The summed E-state index contributed by atoms with van der Waals surface area (Å²) < 4.78 is 12.5. The molecule has 164 valence electrons. The van der Waals surface area contributed by atoms with Gasteiger partial charge in [0.2, 0.25) is 6.79 Å². The Hall–Kier alpha value is -3.13.